The molecule has 32 heavy (non-hydrogen) atoms. The second-order valence-corrected chi connectivity index (χ2v) is 9.42. The Bertz CT molecular complexity index is 1170. The molecule has 2 aromatic carbocycles. The molecule has 0 radical (unpaired) electrons. The summed E-state index contributed by atoms with van der Waals surface area (Å²) in [4.78, 5) is 45.9. The van der Waals surface area contributed by atoms with Gasteiger partial charge in [-0.1, -0.05) is 56.1 Å². The molecule has 0 saturated carbocycles. The molecule has 1 aliphatic heterocycles. The van der Waals surface area contributed by atoms with Crippen LogP contribution in [0.3, 0.4) is 0 Å². The van der Waals surface area contributed by atoms with Crippen molar-refractivity contribution in [3.63, 3.8) is 0 Å². The summed E-state index contributed by atoms with van der Waals surface area (Å²) in [6.45, 7) is 5.71. The maximum absolute atomic E-state index is 13.3. The van der Waals surface area contributed by atoms with E-state index in [1.807, 2.05) is 32.9 Å². The van der Waals surface area contributed by atoms with Gasteiger partial charge >= 0.3 is 0 Å². The maximum atomic E-state index is 13.3. The molecule has 0 saturated heterocycles. The first-order chi connectivity index (χ1) is 15.3. The van der Waals surface area contributed by atoms with Crippen molar-refractivity contribution in [2.75, 3.05) is 5.32 Å². The fourth-order valence-corrected chi connectivity index (χ4v) is 4.78. The molecular weight excluding hydrogens is 446 g/mol. The fourth-order valence-electron chi connectivity index (χ4n) is 3.82. The third-order valence-corrected chi connectivity index (χ3v) is 6.84. The average Bonchev–Trinajstić information content (AvgIpc) is 3.26. The van der Waals surface area contributed by atoms with Crippen LogP contribution in [0.25, 0.3) is 11.3 Å². The van der Waals surface area contributed by atoms with Crippen molar-refractivity contribution >= 4 is 45.8 Å². The van der Waals surface area contributed by atoms with Crippen molar-refractivity contribution < 1.29 is 14.4 Å². The van der Waals surface area contributed by atoms with E-state index in [-0.39, 0.29) is 5.92 Å². The number of hydrogen-bond acceptors (Lipinski definition) is 5. The van der Waals surface area contributed by atoms with Gasteiger partial charge in [0.2, 0.25) is 5.91 Å². The summed E-state index contributed by atoms with van der Waals surface area (Å²) < 4.78 is 0. The van der Waals surface area contributed by atoms with Gasteiger partial charge in [0.15, 0.2) is 5.13 Å². The number of anilines is 1. The summed E-state index contributed by atoms with van der Waals surface area (Å²) in [5, 5.41) is 3.89. The number of amides is 3. The van der Waals surface area contributed by atoms with Gasteiger partial charge < -0.3 is 5.32 Å². The van der Waals surface area contributed by atoms with Gasteiger partial charge in [-0.05, 0) is 37.1 Å². The number of nitrogens with zero attached hydrogens (tertiary/aromatic N) is 2. The van der Waals surface area contributed by atoms with Gasteiger partial charge in [-0.25, -0.2) is 4.98 Å². The van der Waals surface area contributed by atoms with Crippen molar-refractivity contribution in [2.24, 2.45) is 5.92 Å². The van der Waals surface area contributed by atoms with Crippen molar-refractivity contribution in [3.8, 4) is 11.3 Å². The number of halogens is 1. The van der Waals surface area contributed by atoms with Crippen LogP contribution in [0, 0.1) is 12.8 Å². The zero-order valence-corrected chi connectivity index (χ0v) is 19.5. The summed E-state index contributed by atoms with van der Waals surface area (Å²) in [5.41, 5.74) is 2.30. The highest BCUT2D eigenvalue weighted by Crippen LogP contribution is 2.33. The highest BCUT2D eigenvalue weighted by Gasteiger charge is 2.44. The molecule has 3 aromatic rings. The summed E-state index contributed by atoms with van der Waals surface area (Å²) in [6.07, 6.45) is 0.623. The van der Waals surface area contributed by atoms with E-state index < -0.39 is 23.8 Å². The number of hydrogen-bond donors (Lipinski definition) is 1. The molecule has 0 fully saturated rings. The number of aryl methyl sites for hydroxylation is 1. The van der Waals surface area contributed by atoms with Crippen LogP contribution in [0.4, 0.5) is 5.13 Å². The number of imide groups is 1. The second-order valence-electron chi connectivity index (χ2n) is 7.78. The van der Waals surface area contributed by atoms with E-state index >= 15 is 0 Å². The van der Waals surface area contributed by atoms with Gasteiger partial charge in [0.1, 0.15) is 6.04 Å². The molecule has 1 aliphatic rings. The first-order valence-electron chi connectivity index (χ1n) is 10.3. The lowest BCUT2D eigenvalue weighted by Crippen LogP contribution is -2.50. The number of benzene rings is 2. The number of carbonyl (C=O) groups excluding carboxylic acids is 3. The number of fused-ring (bicyclic) bond motifs is 1. The minimum atomic E-state index is -0.935. The molecule has 2 atom stereocenters. The first kappa shape index (κ1) is 22.2. The quantitative estimate of drug-likeness (QED) is 0.491. The van der Waals surface area contributed by atoms with Crippen LogP contribution in [-0.4, -0.2) is 33.6 Å². The van der Waals surface area contributed by atoms with E-state index in [1.54, 1.807) is 36.4 Å². The summed E-state index contributed by atoms with van der Waals surface area (Å²) in [5.74, 6) is -1.54. The Morgan fingerprint density at radius 1 is 1.09 bits per heavy atom. The number of thiazole rings is 1. The first-order valence-corrected chi connectivity index (χ1v) is 11.5. The topological polar surface area (TPSA) is 79.4 Å². The molecule has 0 bridgehead atoms. The molecule has 8 heteroatoms. The van der Waals surface area contributed by atoms with E-state index in [1.165, 1.54) is 11.3 Å². The third-order valence-electron chi connectivity index (χ3n) is 5.70. The van der Waals surface area contributed by atoms with Gasteiger partial charge in [0.05, 0.1) is 16.8 Å². The molecule has 0 spiro atoms. The zero-order valence-electron chi connectivity index (χ0n) is 17.9. The number of nitrogens with one attached hydrogen (secondary N) is 1. The Kier molecular flexibility index (Phi) is 6.13. The lowest BCUT2D eigenvalue weighted by atomic mass is 9.96. The number of carbonyl (C=O) groups is 3. The van der Waals surface area contributed by atoms with Crippen LogP contribution in [-0.2, 0) is 4.79 Å². The molecule has 164 valence electrons. The smallest absolute Gasteiger partial charge is 0.262 e. The Labute approximate surface area is 195 Å². The standard InChI is InChI=1S/C24H22ClN3O3S/c1-4-13(2)20(28-22(30)17-7-5-6-8-18(17)23(28)31)21(29)27-24-26-19(14(3)32-24)15-9-11-16(25)12-10-15/h5-13,20H,4H2,1-3H3,(H,26,27,29). The van der Waals surface area contributed by atoms with Crippen LogP contribution in [0.15, 0.2) is 48.5 Å². The lowest BCUT2D eigenvalue weighted by Gasteiger charge is -2.29. The highest BCUT2D eigenvalue weighted by molar-refractivity contribution is 7.16. The van der Waals surface area contributed by atoms with E-state index in [0.29, 0.717) is 27.7 Å². The maximum Gasteiger partial charge on any atom is 0.262 e. The van der Waals surface area contributed by atoms with Crippen LogP contribution in [0.1, 0.15) is 45.9 Å². The van der Waals surface area contributed by atoms with Crippen molar-refractivity contribution in [1.82, 2.24) is 9.88 Å². The SMILES string of the molecule is CCC(C)C(C(=O)Nc1nc(-c2ccc(Cl)cc2)c(C)s1)N1C(=O)c2ccccc2C1=O. The van der Waals surface area contributed by atoms with E-state index in [4.69, 9.17) is 11.6 Å². The van der Waals surface area contributed by atoms with Gasteiger partial charge in [0, 0.05) is 15.5 Å². The second kappa shape index (κ2) is 8.84. The highest BCUT2D eigenvalue weighted by atomic mass is 35.5. The molecule has 2 heterocycles. The minimum absolute atomic E-state index is 0.228. The zero-order chi connectivity index (χ0) is 23.0. The summed E-state index contributed by atoms with van der Waals surface area (Å²) in [6, 6.07) is 13.0. The van der Waals surface area contributed by atoms with Crippen LogP contribution in [0.5, 0.6) is 0 Å². The number of aromatic nitrogens is 1. The third kappa shape index (κ3) is 3.94. The molecule has 1 aromatic heterocycles. The largest absolute Gasteiger partial charge is 0.300 e. The fraction of sp³-hybridized carbons (Fsp3) is 0.250. The van der Waals surface area contributed by atoms with E-state index in [9.17, 15) is 14.4 Å². The monoisotopic (exact) mass is 467 g/mol. The average molecular weight is 468 g/mol. The van der Waals surface area contributed by atoms with Crippen LogP contribution in [0.2, 0.25) is 5.02 Å². The molecule has 4 rings (SSSR count). The van der Waals surface area contributed by atoms with Gasteiger partial charge in [0.25, 0.3) is 11.8 Å². The van der Waals surface area contributed by atoms with Crippen LogP contribution < -0.4 is 5.32 Å². The van der Waals surface area contributed by atoms with Gasteiger partial charge in [-0.3, -0.25) is 19.3 Å². The molecule has 6 nitrogen and oxygen atoms in total. The minimum Gasteiger partial charge on any atom is -0.300 e. The van der Waals surface area contributed by atoms with E-state index in [2.05, 4.69) is 10.3 Å². The number of rotatable bonds is 6. The van der Waals surface area contributed by atoms with Crippen molar-refractivity contribution in [1.29, 1.82) is 0 Å². The predicted octanol–water partition coefficient (Wildman–Crippen LogP) is 5.42. The Morgan fingerprint density at radius 2 is 1.69 bits per heavy atom. The molecular formula is C24H22ClN3O3S. The molecule has 1 N–H and O–H groups in total. The van der Waals surface area contributed by atoms with E-state index in [0.717, 1.165) is 21.0 Å². The van der Waals surface area contributed by atoms with Gasteiger partial charge in [-0.2, -0.15) is 0 Å². The molecule has 3 amide bonds. The molecule has 0 aliphatic carbocycles. The summed E-state index contributed by atoms with van der Waals surface area (Å²) in [7, 11) is 0. The molecule has 2 unspecified atom stereocenters. The van der Waals surface area contributed by atoms with Crippen molar-refractivity contribution in [2.45, 2.75) is 33.2 Å². The normalized spacial score (nSPS) is 14.9. The Morgan fingerprint density at radius 3 is 2.25 bits per heavy atom. The van der Waals surface area contributed by atoms with Crippen LogP contribution >= 0.6 is 22.9 Å². The lowest BCUT2D eigenvalue weighted by molar-refractivity contribution is -0.121. The Hall–Kier alpha value is -3.03. The van der Waals surface area contributed by atoms with Gasteiger partial charge in [-0.15, -0.1) is 11.3 Å². The van der Waals surface area contributed by atoms with Crippen molar-refractivity contribution in [3.05, 3.63) is 69.6 Å². The predicted molar refractivity (Wildman–Crippen MR) is 126 cm³/mol. The Balaban J connectivity index is 1.62. The summed E-state index contributed by atoms with van der Waals surface area (Å²) >= 11 is 7.32.